The monoisotopic (exact) mass is 602 g/mol. The van der Waals surface area contributed by atoms with Crippen molar-refractivity contribution < 1.29 is 18.9 Å². The van der Waals surface area contributed by atoms with Gasteiger partial charge in [-0.05, 0) is 60.1 Å². The second-order valence-electron chi connectivity index (χ2n) is 12.2. The molecule has 4 nitrogen and oxygen atoms in total. The van der Waals surface area contributed by atoms with Gasteiger partial charge in [0.15, 0.2) is 0 Å². The van der Waals surface area contributed by atoms with Crippen LogP contribution in [0.25, 0.3) is 12.2 Å². The van der Waals surface area contributed by atoms with Crippen molar-refractivity contribution in [2.45, 2.75) is 81.1 Å². The molecule has 2 rings (SSSR count). The summed E-state index contributed by atoms with van der Waals surface area (Å²) < 4.78 is 24.4. The molecular weight excluding hydrogens is 544 g/mol. The van der Waals surface area contributed by atoms with Crippen molar-refractivity contribution in [2.75, 3.05) is 26.4 Å². The molecule has 2 aromatic rings. The largest absolute Gasteiger partial charge is 0.493 e. The fraction of sp³-hybridized carbons (Fsp3) is 0.500. The summed E-state index contributed by atoms with van der Waals surface area (Å²) in [5.74, 6) is 5.57. The Kier molecular flexibility index (Phi) is 17.8. The zero-order valence-corrected chi connectivity index (χ0v) is 28.7. The number of ether oxygens (including phenoxy) is 4. The minimum Gasteiger partial charge on any atom is -0.493 e. The molecule has 0 spiro atoms. The lowest BCUT2D eigenvalue weighted by atomic mass is 10.1. The van der Waals surface area contributed by atoms with Crippen LogP contribution in [0.5, 0.6) is 23.0 Å². The normalized spacial score (nSPS) is 14.8. The maximum absolute atomic E-state index is 6.16. The Hall–Kier alpha value is -3.40. The van der Waals surface area contributed by atoms with E-state index in [9.17, 15) is 0 Å². The van der Waals surface area contributed by atoms with Gasteiger partial charge in [0.05, 0.1) is 26.4 Å². The first-order chi connectivity index (χ1) is 21.3. The molecule has 0 aliphatic carbocycles. The van der Waals surface area contributed by atoms with Crippen LogP contribution >= 0.6 is 0 Å². The number of benzene rings is 2. The predicted octanol–water partition coefficient (Wildman–Crippen LogP) is 11.2. The van der Waals surface area contributed by atoms with E-state index in [0.717, 1.165) is 59.8 Å². The SMILES string of the molecule is CC[C@H](C)COc1ccc(OC[C@@H](C)CC)c(/C=C/C=C/C=C/C=C/c2cc(OC[C@@H](C)CC)ccc2OC[C@@H](C)CC)c1. The third-order valence-electron chi connectivity index (χ3n) is 7.97. The standard InChI is InChI=1S/C40H58O4/c1-9-31(5)27-41-37-21-23-39(43-29-33(7)11-3)35(25-37)19-17-15-13-14-16-18-20-36-26-38(42-28-32(6)10-2)22-24-40(36)44-30-34(8)12-4/h13-26,31-34H,9-12,27-30H2,1-8H3/b15-13+,16-14+,19-17+,20-18+/t31-,32-,33-,34-/m0/s1. The minimum absolute atomic E-state index is 0.508. The van der Waals surface area contributed by atoms with Gasteiger partial charge in [0.1, 0.15) is 23.0 Å². The zero-order chi connectivity index (χ0) is 32.2. The Morgan fingerprint density at radius 3 is 1.11 bits per heavy atom. The maximum atomic E-state index is 6.16. The van der Waals surface area contributed by atoms with Gasteiger partial charge in [-0.25, -0.2) is 0 Å². The zero-order valence-electron chi connectivity index (χ0n) is 28.7. The summed E-state index contributed by atoms with van der Waals surface area (Å²) >= 11 is 0. The third kappa shape index (κ3) is 14.4. The van der Waals surface area contributed by atoms with Crippen LogP contribution in [0.3, 0.4) is 0 Å². The molecule has 0 aliphatic heterocycles. The highest BCUT2D eigenvalue weighted by Gasteiger charge is 2.09. The van der Waals surface area contributed by atoms with Crippen molar-refractivity contribution in [3.63, 3.8) is 0 Å². The van der Waals surface area contributed by atoms with E-state index in [1.54, 1.807) is 0 Å². The number of hydrogen-bond donors (Lipinski definition) is 0. The first-order valence-electron chi connectivity index (χ1n) is 16.8. The molecule has 242 valence electrons. The molecule has 0 aromatic heterocycles. The van der Waals surface area contributed by atoms with Gasteiger partial charge < -0.3 is 18.9 Å². The van der Waals surface area contributed by atoms with Crippen LogP contribution in [0.4, 0.5) is 0 Å². The van der Waals surface area contributed by atoms with Crippen molar-refractivity contribution >= 4 is 12.2 Å². The summed E-state index contributed by atoms with van der Waals surface area (Å²) in [6.45, 7) is 20.4. The molecule has 4 heteroatoms. The Morgan fingerprint density at radius 1 is 0.455 bits per heavy atom. The van der Waals surface area contributed by atoms with E-state index in [4.69, 9.17) is 18.9 Å². The molecule has 0 aliphatic rings. The molecular formula is C40H58O4. The van der Waals surface area contributed by atoms with E-state index in [1.165, 1.54) is 0 Å². The fourth-order valence-corrected chi connectivity index (χ4v) is 3.74. The van der Waals surface area contributed by atoms with Crippen LogP contribution < -0.4 is 18.9 Å². The smallest absolute Gasteiger partial charge is 0.126 e. The van der Waals surface area contributed by atoms with E-state index in [-0.39, 0.29) is 0 Å². The molecule has 0 heterocycles. The summed E-state index contributed by atoms with van der Waals surface area (Å²) in [5.41, 5.74) is 2.03. The van der Waals surface area contributed by atoms with Crippen molar-refractivity contribution in [1.82, 2.24) is 0 Å². The molecule has 2 aromatic carbocycles. The fourth-order valence-electron chi connectivity index (χ4n) is 3.74. The van der Waals surface area contributed by atoms with Gasteiger partial charge in [0.2, 0.25) is 0 Å². The average Bonchev–Trinajstić information content (AvgIpc) is 3.05. The van der Waals surface area contributed by atoms with E-state index >= 15 is 0 Å². The van der Waals surface area contributed by atoms with Gasteiger partial charge in [-0.2, -0.15) is 0 Å². The van der Waals surface area contributed by atoms with E-state index in [1.807, 2.05) is 60.7 Å². The molecule has 0 radical (unpaired) electrons. The maximum Gasteiger partial charge on any atom is 0.126 e. The van der Waals surface area contributed by atoms with Gasteiger partial charge >= 0.3 is 0 Å². The lowest BCUT2D eigenvalue weighted by molar-refractivity contribution is 0.249. The van der Waals surface area contributed by atoms with Gasteiger partial charge in [0, 0.05) is 11.1 Å². The van der Waals surface area contributed by atoms with Crippen LogP contribution in [0, 0.1) is 23.7 Å². The third-order valence-corrected chi connectivity index (χ3v) is 7.97. The summed E-state index contributed by atoms with van der Waals surface area (Å²) in [7, 11) is 0. The Morgan fingerprint density at radius 2 is 0.773 bits per heavy atom. The second kappa shape index (κ2) is 21.3. The molecule has 0 fully saturated rings. The topological polar surface area (TPSA) is 36.9 Å². The lowest BCUT2D eigenvalue weighted by Crippen LogP contribution is -2.09. The molecule has 4 atom stereocenters. The van der Waals surface area contributed by atoms with Crippen LogP contribution in [0.2, 0.25) is 0 Å². The van der Waals surface area contributed by atoms with Crippen LogP contribution in [0.15, 0.2) is 72.9 Å². The molecule has 0 saturated carbocycles. The van der Waals surface area contributed by atoms with E-state index in [2.05, 4.69) is 79.7 Å². The first-order valence-corrected chi connectivity index (χ1v) is 16.8. The average molecular weight is 603 g/mol. The highest BCUT2D eigenvalue weighted by Crippen LogP contribution is 2.28. The quantitative estimate of drug-likeness (QED) is 0.133. The van der Waals surface area contributed by atoms with E-state index in [0.29, 0.717) is 50.1 Å². The summed E-state index contributed by atoms with van der Waals surface area (Å²) in [6.07, 6.45) is 20.7. The molecule has 0 bridgehead atoms. The lowest BCUT2D eigenvalue weighted by Gasteiger charge is -2.15. The molecule has 0 amide bonds. The summed E-state index contributed by atoms with van der Waals surface area (Å²) in [5, 5.41) is 0. The summed E-state index contributed by atoms with van der Waals surface area (Å²) in [6, 6.07) is 12.2. The molecule has 0 unspecified atom stereocenters. The molecule has 0 N–H and O–H groups in total. The Balaban J connectivity index is 2.10. The number of rotatable bonds is 21. The second-order valence-corrected chi connectivity index (χ2v) is 12.2. The van der Waals surface area contributed by atoms with Gasteiger partial charge in [-0.1, -0.05) is 130 Å². The minimum atomic E-state index is 0.508. The first kappa shape index (κ1) is 36.8. The van der Waals surface area contributed by atoms with Gasteiger partial charge in [-0.15, -0.1) is 0 Å². The highest BCUT2D eigenvalue weighted by atomic mass is 16.5. The molecule has 44 heavy (non-hydrogen) atoms. The Bertz CT molecular complexity index is 1100. The van der Waals surface area contributed by atoms with Crippen molar-refractivity contribution in [3.8, 4) is 23.0 Å². The predicted molar refractivity (Wildman–Crippen MR) is 189 cm³/mol. The molecule has 0 saturated heterocycles. The van der Waals surface area contributed by atoms with Gasteiger partial charge in [-0.3, -0.25) is 0 Å². The van der Waals surface area contributed by atoms with E-state index < -0.39 is 0 Å². The van der Waals surface area contributed by atoms with Crippen molar-refractivity contribution in [3.05, 3.63) is 84.0 Å². The highest BCUT2D eigenvalue weighted by molar-refractivity contribution is 5.62. The van der Waals surface area contributed by atoms with Crippen LogP contribution in [0.1, 0.15) is 92.2 Å². The summed E-state index contributed by atoms with van der Waals surface area (Å²) in [4.78, 5) is 0. The Labute approximate surface area is 268 Å². The van der Waals surface area contributed by atoms with Crippen molar-refractivity contribution in [1.29, 1.82) is 0 Å². The van der Waals surface area contributed by atoms with Crippen LogP contribution in [-0.2, 0) is 0 Å². The number of hydrogen-bond acceptors (Lipinski definition) is 4. The van der Waals surface area contributed by atoms with Crippen molar-refractivity contribution in [2.24, 2.45) is 23.7 Å². The van der Waals surface area contributed by atoms with Gasteiger partial charge in [0.25, 0.3) is 0 Å². The van der Waals surface area contributed by atoms with Crippen LogP contribution in [-0.4, -0.2) is 26.4 Å². The number of allylic oxidation sites excluding steroid dienone is 6.